The second-order valence-electron chi connectivity index (χ2n) is 5.15. The summed E-state index contributed by atoms with van der Waals surface area (Å²) in [6.45, 7) is 4.32. The Hall–Kier alpha value is -1.78. The smallest absolute Gasteiger partial charge is 0.128 e. The first-order valence-corrected chi connectivity index (χ1v) is 7.55. The number of anilines is 2. The van der Waals surface area contributed by atoms with E-state index in [0.717, 1.165) is 42.7 Å². The zero-order chi connectivity index (χ0) is 14.7. The Kier molecular flexibility index (Phi) is 4.27. The van der Waals surface area contributed by atoms with Gasteiger partial charge in [0.1, 0.15) is 5.82 Å². The lowest BCUT2D eigenvalue weighted by Crippen LogP contribution is -2.46. The SMILES string of the molecule is NCc1cccc(N2CCN(c3cccc(Cl)c3)CC2)n1. The second kappa shape index (κ2) is 6.33. The Morgan fingerprint density at radius 3 is 2.43 bits per heavy atom. The number of hydrogen-bond donors (Lipinski definition) is 1. The van der Waals surface area contributed by atoms with Crippen molar-refractivity contribution < 1.29 is 0 Å². The second-order valence-corrected chi connectivity index (χ2v) is 5.58. The Balaban J connectivity index is 1.67. The largest absolute Gasteiger partial charge is 0.368 e. The van der Waals surface area contributed by atoms with Crippen molar-refractivity contribution in [1.82, 2.24) is 4.98 Å². The molecular formula is C16H19ClN4. The molecule has 2 heterocycles. The van der Waals surface area contributed by atoms with Crippen LogP contribution in [0.15, 0.2) is 42.5 Å². The van der Waals surface area contributed by atoms with E-state index in [2.05, 4.69) is 20.9 Å². The Bertz CT molecular complexity index is 609. The van der Waals surface area contributed by atoms with Gasteiger partial charge in [0.2, 0.25) is 0 Å². The molecule has 0 atom stereocenters. The monoisotopic (exact) mass is 302 g/mol. The van der Waals surface area contributed by atoms with Crippen LogP contribution in [0.5, 0.6) is 0 Å². The highest BCUT2D eigenvalue weighted by Crippen LogP contribution is 2.22. The van der Waals surface area contributed by atoms with Crippen LogP contribution in [-0.2, 0) is 6.54 Å². The molecule has 4 nitrogen and oxygen atoms in total. The van der Waals surface area contributed by atoms with Gasteiger partial charge < -0.3 is 15.5 Å². The normalized spacial score (nSPS) is 15.3. The van der Waals surface area contributed by atoms with Gasteiger partial charge in [-0.05, 0) is 30.3 Å². The summed E-state index contributed by atoms with van der Waals surface area (Å²) in [6, 6.07) is 14.1. The van der Waals surface area contributed by atoms with Crippen LogP contribution in [0, 0.1) is 0 Å². The van der Waals surface area contributed by atoms with Gasteiger partial charge in [0.15, 0.2) is 0 Å². The van der Waals surface area contributed by atoms with E-state index in [4.69, 9.17) is 17.3 Å². The summed E-state index contributed by atoms with van der Waals surface area (Å²) in [5, 5.41) is 0.784. The summed E-state index contributed by atoms with van der Waals surface area (Å²) in [4.78, 5) is 9.25. The van der Waals surface area contributed by atoms with E-state index in [0.29, 0.717) is 6.54 Å². The van der Waals surface area contributed by atoms with Gasteiger partial charge in [-0.25, -0.2) is 4.98 Å². The number of piperazine rings is 1. The summed E-state index contributed by atoms with van der Waals surface area (Å²) in [5.74, 6) is 1.02. The van der Waals surface area contributed by atoms with Gasteiger partial charge in [0.25, 0.3) is 0 Å². The van der Waals surface area contributed by atoms with Crippen LogP contribution in [0.4, 0.5) is 11.5 Å². The first kappa shape index (κ1) is 14.2. The zero-order valence-electron chi connectivity index (χ0n) is 11.9. The van der Waals surface area contributed by atoms with Crippen molar-refractivity contribution in [2.24, 2.45) is 5.73 Å². The van der Waals surface area contributed by atoms with Crippen LogP contribution >= 0.6 is 11.6 Å². The van der Waals surface area contributed by atoms with Crippen LogP contribution in [0.2, 0.25) is 5.02 Å². The summed E-state index contributed by atoms with van der Waals surface area (Å²) >= 11 is 6.06. The van der Waals surface area contributed by atoms with E-state index < -0.39 is 0 Å². The fraction of sp³-hybridized carbons (Fsp3) is 0.312. The standard InChI is InChI=1S/C16H19ClN4/c17-13-3-1-5-15(11-13)20-7-9-21(10-8-20)16-6-2-4-14(12-18)19-16/h1-6,11H,7-10,12,18H2. The quantitative estimate of drug-likeness (QED) is 0.946. The third kappa shape index (κ3) is 3.28. The molecule has 0 spiro atoms. The van der Waals surface area contributed by atoms with Gasteiger partial charge in [-0.3, -0.25) is 0 Å². The molecule has 21 heavy (non-hydrogen) atoms. The molecule has 0 unspecified atom stereocenters. The number of pyridine rings is 1. The predicted molar refractivity (Wildman–Crippen MR) is 88.0 cm³/mol. The lowest BCUT2D eigenvalue weighted by Gasteiger charge is -2.36. The fourth-order valence-electron chi connectivity index (χ4n) is 2.62. The maximum atomic E-state index is 6.06. The zero-order valence-corrected chi connectivity index (χ0v) is 12.6. The first-order valence-electron chi connectivity index (χ1n) is 7.18. The van der Waals surface area contributed by atoms with Crippen LogP contribution in [0.25, 0.3) is 0 Å². The molecule has 1 saturated heterocycles. The molecule has 3 rings (SSSR count). The molecule has 1 aromatic heterocycles. The van der Waals surface area contributed by atoms with E-state index in [9.17, 15) is 0 Å². The van der Waals surface area contributed by atoms with Gasteiger partial charge in [-0.2, -0.15) is 0 Å². The van der Waals surface area contributed by atoms with Crippen LogP contribution in [0.1, 0.15) is 5.69 Å². The Morgan fingerprint density at radius 2 is 1.71 bits per heavy atom. The first-order chi connectivity index (χ1) is 10.3. The number of aromatic nitrogens is 1. The lowest BCUT2D eigenvalue weighted by atomic mass is 10.2. The molecule has 0 radical (unpaired) electrons. The predicted octanol–water partition coefficient (Wildman–Crippen LogP) is 2.52. The number of nitrogens with two attached hydrogens (primary N) is 1. The minimum Gasteiger partial charge on any atom is -0.368 e. The molecule has 2 N–H and O–H groups in total. The highest BCUT2D eigenvalue weighted by Gasteiger charge is 2.18. The average Bonchev–Trinajstić information content (AvgIpc) is 2.55. The molecule has 0 amide bonds. The molecule has 0 bridgehead atoms. The van der Waals surface area contributed by atoms with E-state index in [-0.39, 0.29) is 0 Å². The third-order valence-corrected chi connectivity index (χ3v) is 4.01. The fourth-order valence-corrected chi connectivity index (χ4v) is 2.81. The van der Waals surface area contributed by atoms with Crippen molar-refractivity contribution in [2.75, 3.05) is 36.0 Å². The summed E-state index contributed by atoms with van der Waals surface area (Å²) < 4.78 is 0. The number of halogens is 1. The van der Waals surface area contributed by atoms with Gasteiger partial charge in [-0.15, -0.1) is 0 Å². The topological polar surface area (TPSA) is 45.4 Å². The number of nitrogens with zero attached hydrogens (tertiary/aromatic N) is 3. The maximum absolute atomic E-state index is 6.06. The summed E-state index contributed by atoms with van der Waals surface area (Å²) in [7, 11) is 0. The summed E-state index contributed by atoms with van der Waals surface area (Å²) in [6.07, 6.45) is 0. The number of hydrogen-bond acceptors (Lipinski definition) is 4. The van der Waals surface area contributed by atoms with Crippen molar-refractivity contribution in [2.45, 2.75) is 6.54 Å². The molecule has 2 aromatic rings. The van der Waals surface area contributed by atoms with Gasteiger partial charge in [0, 0.05) is 43.4 Å². The minimum atomic E-state index is 0.482. The Labute approximate surface area is 130 Å². The molecule has 0 aliphatic carbocycles. The highest BCUT2D eigenvalue weighted by atomic mass is 35.5. The van der Waals surface area contributed by atoms with Gasteiger partial charge in [0.05, 0.1) is 5.69 Å². The molecule has 1 aromatic carbocycles. The summed E-state index contributed by atoms with van der Waals surface area (Å²) in [5.41, 5.74) is 7.78. The molecule has 110 valence electrons. The van der Waals surface area contributed by atoms with Crippen molar-refractivity contribution in [1.29, 1.82) is 0 Å². The molecule has 5 heteroatoms. The molecule has 1 fully saturated rings. The van der Waals surface area contributed by atoms with Crippen LogP contribution in [-0.4, -0.2) is 31.2 Å². The lowest BCUT2D eigenvalue weighted by molar-refractivity contribution is 0.646. The van der Waals surface area contributed by atoms with Crippen LogP contribution < -0.4 is 15.5 Å². The highest BCUT2D eigenvalue weighted by molar-refractivity contribution is 6.30. The van der Waals surface area contributed by atoms with E-state index in [1.54, 1.807) is 0 Å². The third-order valence-electron chi connectivity index (χ3n) is 3.78. The minimum absolute atomic E-state index is 0.482. The van der Waals surface area contributed by atoms with Crippen LogP contribution in [0.3, 0.4) is 0 Å². The van der Waals surface area contributed by atoms with Gasteiger partial charge >= 0.3 is 0 Å². The van der Waals surface area contributed by atoms with Gasteiger partial charge in [-0.1, -0.05) is 23.7 Å². The average molecular weight is 303 g/mol. The molecule has 0 saturated carbocycles. The van der Waals surface area contributed by atoms with E-state index >= 15 is 0 Å². The molecule has 1 aliphatic heterocycles. The van der Waals surface area contributed by atoms with Crippen molar-refractivity contribution in [3.05, 3.63) is 53.2 Å². The number of rotatable bonds is 3. The maximum Gasteiger partial charge on any atom is 0.128 e. The molecular weight excluding hydrogens is 284 g/mol. The number of benzene rings is 1. The van der Waals surface area contributed by atoms with Crippen molar-refractivity contribution in [3.8, 4) is 0 Å². The van der Waals surface area contributed by atoms with Crippen molar-refractivity contribution >= 4 is 23.1 Å². The van der Waals surface area contributed by atoms with E-state index in [1.165, 1.54) is 5.69 Å². The van der Waals surface area contributed by atoms with E-state index in [1.807, 2.05) is 36.4 Å². The van der Waals surface area contributed by atoms with Crippen molar-refractivity contribution in [3.63, 3.8) is 0 Å². The molecule has 1 aliphatic rings. The Morgan fingerprint density at radius 1 is 1.00 bits per heavy atom.